The molecule has 0 spiro atoms. The first-order valence-electron chi connectivity index (χ1n) is 6.51. The number of alkyl halides is 3. The molecule has 20 heavy (non-hydrogen) atoms. The van der Waals surface area contributed by atoms with E-state index in [0.717, 1.165) is 25.7 Å². The third-order valence-electron chi connectivity index (χ3n) is 3.88. The van der Waals surface area contributed by atoms with Crippen LogP contribution in [-0.4, -0.2) is 55.4 Å². The molecule has 0 aromatic heterocycles. The van der Waals surface area contributed by atoms with E-state index in [1.807, 2.05) is 0 Å². The number of carbonyl (C=O) groups excluding carboxylic acids is 1. The number of amides is 1. The van der Waals surface area contributed by atoms with E-state index < -0.39 is 19.4 Å². The summed E-state index contributed by atoms with van der Waals surface area (Å²) in [6, 6.07) is 0.992. The maximum Gasteiger partial charge on any atom is 0.411 e. The number of piperidine rings is 1. The second-order valence-electron chi connectivity index (χ2n) is 5.38. The average molecular weight is 317 g/mol. The van der Waals surface area contributed by atoms with Crippen LogP contribution in [0.1, 0.15) is 25.7 Å². The van der Waals surface area contributed by atoms with Crippen molar-refractivity contribution in [3.8, 4) is 0 Å². The molecular weight excluding hydrogens is 297 g/mol. The molecule has 2 atom stereocenters. The van der Waals surface area contributed by atoms with Crippen molar-refractivity contribution >= 4 is 18.3 Å². The largest absolute Gasteiger partial charge is 0.411 e. The number of nitrogens with zero attached hydrogens (tertiary/aromatic N) is 1. The van der Waals surface area contributed by atoms with Crippen molar-refractivity contribution in [1.29, 1.82) is 0 Å². The van der Waals surface area contributed by atoms with Gasteiger partial charge in [0, 0.05) is 25.2 Å². The van der Waals surface area contributed by atoms with Crippen LogP contribution in [0.2, 0.25) is 0 Å². The maximum atomic E-state index is 11.9. The lowest BCUT2D eigenvalue weighted by Crippen LogP contribution is -2.49. The van der Waals surface area contributed by atoms with E-state index in [2.05, 4.69) is 10.1 Å². The lowest BCUT2D eigenvalue weighted by Gasteiger charge is -2.35. The van der Waals surface area contributed by atoms with Gasteiger partial charge in [-0.15, -0.1) is 12.4 Å². The number of ether oxygens (including phenoxy) is 1. The maximum absolute atomic E-state index is 11.9. The molecule has 0 aromatic rings. The fourth-order valence-electron chi connectivity index (χ4n) is 2.90. The summed E-state index contributed by atoms with van der Waals surface area (Å²) in [7, 11) is 1.65. The topological polar surface area (TPSA) is 41.6 Å². The van der Waals surface area contributed by atoms with Gasteiger partial charge >= 0.3 is 6.18 Å². The van der Waals surface area contributed by atoms with Crippen LogP contribution in [0.5, 0.6) is 0 Å². The number of carbonyl (C=O) groups is 1. The fourth-order valence-corrected chi connectivity index (χ4v) is 2.90. The van der Waals surface area contributed by atoms with Gasteiger partial charge in [-0.1, -0.05) is 0 Å². The van der Waals surface area contributed by atoms with Crippen LogP contribution in [-0.2, 0) is 9.53 Å². The Labute approximate surface area is 122 Å². The molecule has 0 aliphatic carbocycles. The Kier molecular flexibility index (Phi) is 6.09. The highest BCUT2D eigenvalue weighted by Gasteiger charge is 2.36. The Morgan fingerprint density at radius 1 is 1.30 bits per heavy atom. The summed E-state index contributed by atoms with van der Waals surface area (Å²) in [5, 5.41) is 3.46. The fraction of sp³-hybridized carbons (Fsp3) is 0.917. The van der Waals surface area contributed by atoms with Crippen molar-refractivity contribution in [3.63, 3.8) is 0 Å². The van der Waals surface area contributed by atoms with Crippen molar-refractivity contribution in [2.75, 3.05) is 20.3 Å². The molecule has 118 valence electrons. The lowest BCUT2D eigenvalue weighted by atomic mass is 9.98. The Bertz CT molecular complexity index is 329. The van der Waals surface area contributed by atoms with Crippen LogP contribution in [0.3, 0.4) is 0 Å². The number of hydrogen-bond donors (Lipinski definition) is 1. The third kappa shape index (κ3) is 4.79. The van der Waals surface area contributed by atoms with Crippen molar-refractivity contribution in [3.05, 3.63) is 0 Å². The zero-order chi connectivity index (χ0) is 14.0. The van der Waals surface area contributed by atoms with Crippen molar-refractivity contribution in [2.45, 2.75) is 50.0 Å². The summed E-state index contributed by atoms with van der Waals surface area (Å²) in [6.07, 6.45) is -0.399. The SMILES string of the molecule is CN(C(=O)COCC(F)(F)F)C1CC2CCC(C1)N2.Cl. The number of nitrogens with one attached hydrogen (secondary N) is 1. The number of halogens is 4. The predicted molar refractivity (Wildman–Crippen MR) is 69.9 cm³/mol. The van der Waals surface area contributed by atoms with Gasteiger partial charge in [-0.3, -0.25) is 4.79 Å². The van der Waals surface area contributed by atoms with E-state index >= 15 is 0 Å². The van der Waals surface area contributed by atoms with E-state index in [-0.39, 0.29) is 24.4 Å². The smallest absolute Gasteiger partial charge is 0.362 e. The van der Waals surface area contributed by atoms with Crippen LogP contribution in [0, 0.1) is 0 Å². The molecule has 2 unspecified atom stereocenters. The average Bonchev–Trinajstić information content (AvgIpc) is 2.65. The highest BCUT2D eigenvalue weighted by Crippen LogP contribution is 2.29. The number of fused-ring (bicyclic) bond motifs is 2. The molecule has 8 heteroatoms. The molecule has 2 aliphatic heterocycles. The van der Waals surface area contributed by atoms with Gasteiger partial charge in [0.2, 0.25) is 5.91 Å². The Hall–Kier alpha value is -0.530. The minimum Gasteiger partial charge on any atom is -0.362 e. The standard InChI is InChI=1S/C12H19F3N2O2.ClH/c1-17(11(18)6-19-7-12(13,14)15)10-4-8-2-3-9(5-10)16-8;/h8-10,16H,2-7H2,1H3;1H. The van der Waals surface area contributed by atoms with Crippen molar-refractivity contribution < 1.29 is 22.7 Å². The first-order chi connectivity index (χ1) is 8.85. The molecule has 2 bridgehead atoms. The van der Waals surface area contributed by atoms with Crippen molar-refractivity contribution in [1.82, 2.24) is 10.2 Å². The summed E-state index contributed by atoms with van der Waals surface area (Å²) >= 11 is 0. The number of rotatable bonds is 4. The molecule has 2 heterocycles. The molecule has 2 fully saturated rings. The van der Waals surface area contributed by atoms with E-state index in [4.69, 9.17) is 0 Å². The molecule has 0 aromatic carbocycles. The second-order valence-corrected chi connectivity index (χ2v) is 5.38. The minimum atomic E-state index is -4.38. The van der Waals surface area contributed by atoms with Gasteiger partial charge in [-0.05, 0) is 25.7 Å². The Balaban J connectivity index is 0.00000200. The molecule has 1 amide bonds. The lowest BCUT2D eigenvalue weighted by molar-refractivity contribution is -0.178. The highest BCUT2D eigenvalue weighted by molar-refractivity contribution is 5.85. The summed E-state index contributed by atoms with van der Waals surface area (Å²) in [5.41, 5.74) is 0. The van der Waals surface area contributed by atoms with Crippen molar-refractivity contribution in [2.24, 2.45) is 0 Å². The van der Waals surface area contributed by atoms with Crippen LogP contribution >= 0.6 is 12.4 Å². The monoisotopic (exact) mass is 316 g/mol. The van der Waals surface area contributed by atoms with E-state index in [9.17, 15) is 18.0 Å². The Morgan fingerprint density at radius 2 is 1.85 bits per heavy atom. The van der Waals surface area contributed by atoms with E-state index in [1.165, 1.54) is 0 Å². The van der Waals surface area contributed by atoms with Crippen LogP contribution in [0.4, 0.5) is 13.2 Å². The molecule has 2 rings (SSSR count). The van der Waals surface area contributed by atoms with Gasteiger partial charge < -0.3 is 15.0 Å². The molecule has 0 saturated carbocycles. The zero-order valence-electron chi connectivity index (χ0n) is 11.3. The third-order valence-corrected chi connectivity index (χ3v) is 3.88. The van der Waals surface area contributed by atoms with Gasteiger partial charge in [0.05, 0.1) is 0 Å². The quantitative estimate of drug-likeness (QED) is 0.859. The zero-order valence-corrected chi connectivity index (χ0v) is 12.1. The Morgan fingerprint density at radius 3 is 2.35 bits per heavy atom. The summed E-state index contributed by atoms with van der Waals surface area (Å²) in [4.78, 5) is 13.3. The van der Waals surface area contributed by atoms with Gasteiger partial charge in [-0.2, -0.15) is 13.2 Å². The molecule has 2 aliphatic rings. The number of hydrogen-bond acceptors (Lipinski definition) is 3. The van der Waals surface area contributed by atoms with Crippen LogP contribution < -0.4 is 5.32 Å². The highest BCUT2D eigenvalue weighted by atomic mass is 35.5. The molecule has 0 radical (unpaired) electrons. The normalized spacial score (nSPS) is 28.9. The van der Waals surface area contributed by atoms with Gasteiger partial charge in [0.1, 0.15) is 13.2 Å². The minimum absolute atomic E-state index is 0. The van der Waals surface area contributed by atoms with E-state index in [0.29, 0.717) is 12.1 Å². The first-order valence-corrected chi connectivity index (χ1v) is 6.51. The van der Waals surface area contributed by atoms with Gasteiger partial charge in [0.15, 0.2) is 0 Å². The molecule has 4 nitrogen and oxygen atoms in total. The van der Waals surface area contributed by atoms with Crippen LogP contribution in [0.25, 0.3) is 0 Å². The van der Waals surface area contributed by atoms with E-state index in [1.54, 1.807) is 11.9 Å². The number of likely N-dealkylation sites (N-methyl/N-ethyl adjacent to an activating group) is 1. The first kappa shape index (κ1) is 17.5. The van der Waals surface area contributed by atoms with Gasteiger partial charge in [0.25, 0.3) is 0 Å². The second kappa shape index (κ2) is 6.95. The molecule has 1 N–H and O–H groups in total. The molecule has 2 saturated heterocycles. The molecular formula is C12H20ClF3N2O2. The summed E-state index contributed by atoms with van der Waals surface area (Å²) in [5.74, 6) is -0.379. The summed E-state index contributed by atoms with van der Waals surface area (Å²) < 4.78 is 40.2. The summed E-state index contributed by atoms with van der Waals surface area (Å²) in [6.45, 7) is -1.88. The van der Waals surface area contributed by atoms with Gasteiger partial charge in [-0.25, -0.2) is 0 Å². The van der Waals surface area contributed by atoms with Crippen LogP contribution in [0.15, 0.2) is 0 Å². The predicted octanol–water partition coefficient (Wildman–Crippen LogP) is 1.73.